The lowest BCUT2D eigenvalue weighted by molar-refractivity contribution is -0.131. The molecule has 0 aromatic heterocycles. The van der Waals surface area contributed by atoms with Gasteiger partial charge in [0.2, 0.25) is 11.8 Å². The topological polar surface area (TPSA) is 78.5 Å². The van der Waals surface area contributed by atoms with Gasteiger partial charge >= 0.3 is 0 Å². The molecule has 0 spiro atoms. The number of hydrogen-bond donors (Lipinski definition) is 2. The molecule has 0 fully saturated rings. The molecule has 1 aromatic carbocycles. The highest BCUT2D eigenvalue weighted by Gasteiger charge is 2.26. The lowest BCUT2D eigenvalue weighted by Crippen LogP contribution is -2.51. The van der Waals surface area contributed by atoms with E-state index in [0.717, 1.165) is 6.42 Å². The third-order valence-corrected chi connectivity index (χ3v) is 3.73. The predicted octanol–water partition coefficient (Wildman–Crippen LogP) is 1.04. The number of carbonyl (C=O) groups is 3. The summed E-state index contributed by atoms with van der Waals surface area (Å²) < 4.78 is 0. The molecule has 0 saturated carbocycles. The van der Waals surface area contributed by atoms with Gasteiger partial charge in [0.25, 0.3) is 5.91 Å². The number of nitrogens with one attached hydrogen (secondary N) is 2. The van der Waals surface area contributed by atoms with E-state index in [-0.39, 0.29) is 30.2 Å². The smallest absolute Gasteiger partial charge is 0.251 e. The summed E-state index contributed by atoms with van der Waals surface area (Å²) in [5.41, 5.74) is 0.498. The van der Waals surface area contributed by atoms with Gasteiger partial charge in [-0.25, -0.2) is 0 Å². The van der Waals surface area contributed by atoms with Gasteiger partial charge in [0, 0.05) is 19.7 Å². The molecular weight excluding hydrogens is 294 g/mol. The van der Waals surface area contributed by atoms with Crippen LogP contribution in [0.15, 0.2) is 30.3 Å². The summed E-state index contributed by atoms with van der Waals surface area (Å²) in [6.07, 6.45) is 0.731. The fourth-order valence-corrected chi connectivity index (χ4v) is 1.95. The summed E-state index contributed by atoms with van der Waals surface area (Å²) >= 11 is 0. The van der Waals surface area contributed by atoms with Crippen molar-refractivity contribution in [3.8, 4) is 0 Å². The van der Waals surface area contributed by atoms with Crippen LogP contribution in [0.1, 0.15) is 30.6 Å². The Bertz CT molecular complexity index is 543. The van der Waals surface area contributed by atoms with E-state index >= 15 is 0 Å². The van der Waals surface area contributed by atoms with Crippen LogP contribution in [0.5, 0.6) is 0 Å². The second-order valence-corrected chi connectivity index (χ2v) is 5.71. The SMILES string of the molecule is CCC(C)C(NC(=O)c1ccccc1)C(=O)NCC(=O)N(C)C. The average Bonchev–Trinajstić information content (AvgIpc) is 2.56. The van der Waals surface area contributed by atoms with E-state index in [9.17, 15) is 14.4 Å². The molecule has 1 rings (SSSR count). The molecule has 2 unspecified atom stereocenters. The number of amides is 3. The van der Waals surface area contributed by atoms with Gasteiger partial charge < -0.3 is 15.5 Å². The van der Waals surface area contributed by atoms with Crippen LogP contribution in [0.2, 0.25) is 0 Å². The lowest BCUT2D eigenvalue weighted by atomic mass is 9.98. The number of carbonyl (C=O) groups excluding carboxylic acids is 3. The maximum Gasteiger partial charge on any atom is 0.251 e. The van der Waals surface area contributed by atoms with Gasteiger partial charge in [0.1, 0.15) is 6.04 Å². The highest BCUT2D eigenvalue weighted by molar-refractivity contribution is 5.98. The summed E-state index contributed by atoms with van der Waals surface area (Å²) in [6.45, 7) is 3.76. The molecule has 0 radical (unpaired) electrons. The Morgan fingerprint density at radius 1 is 1.13 bits per heavy atom. The second kappa shape index (κ2) is 8.92. The summed E-state index contributed by atoms with van der Waals surface area (Å²) in [7, 11) is 3.25. The summed E-state index contributed by atoms with van der Waals surface area (Å²) in [5.74, 6) is -0.892. The first-order chi connectivity index (χ1) is 10.9. The molecule has 6 nitrogen and oxygen atoms in total. The van der Waals surface area contributed by atoms with Crippen LogP contribution in [-0.2, 0) is 9.59 Å². The zero-order valence-electron chi connectivity index (χ0n) is 14.1. The zero-order chi connectivity index (χ0) is 17.4. The Morgan fingerprint density at radius 3 is 2.26 bits per heavy atom. The molecule has 2 atom stereocenters. The standard InChI is InChI=1S/C17H25N3O3/c1-5-12(2)15(17(23)18-11-14(21)20(3)4)19-16(22)13-9-7-6-8-10-13/h6-10,12,15H,5,11H2,1-4H3,(H,18,23)(H,19,22). The van der Waals surface area contributed by atoms with Gasteiger partial charge in [-0.2, -0.15) is 0 Å². The van der Waals surface area contributed by atoms with Crippen molar-refractivity contribution in [2.24, 2.45) is 5.92 Å². The van der Waals surface area contributed by atoms with Crippen LogP contribution in [-0.4, -0.2) is 49.3 Å². The van der Waals surface area contributed by atoms with Gasteiger partial charge in [-0.1, -0.05) is 38.5 Å². The normalized spacial score (nSPS) is 12.9. The zero-order valence-corrected chi connectivity index (χ0v) is 14.1. The molecule has 23 heavy (non-hydrogen) atoms. The van der Waals surface area contributed by atoms with E-state index in [1.165, 1.54) is 4.90 Å². The summed E-state index contributed by atoms with van der Waals surface area (Å²) in [5, 5.41) is 5.35. The van der Waals surface area contributed by atoms with Crippen molar-refractivity contribution in [2.75, 3.05) is 20.6 Å². The molecule has 0 aliphatic carbocycles. The number of likely N-dealkylation sites (N-methyl/N-ethyl adjacent to an activating group) is 1. The van der Waals surface area contributed by atoms with E-state index in [0.29, 0.717) is 5.56 Å². The van der Waals surface area contributed by atoms with Crippen molar-refractivity contribution in [3.63, 3.8) is 0 Å². The number of hydrogen-bond acceptors (Lipinski definition) is 3. The van der Waals surface area contributed by atoms with Crippen molar-refractivity contribution < 1.29 is 14.4 Å². The van der Waals surface area contributed by atoms with Crippen LogP contribution in [0.25, 0.3) is 0 Å². The lowest BCUT2D eigenvalue weighted by Gasteiger charge is -2.24. The van der Waals surface area contributed by atoms with Gasteiger partial charge in [-0.05, 0) is 18.1 Å². The third-order valence-electron chi connectivity index (χ3n) is 3.73. The molecule has 6 heteroatoms. The van der Waals surface area contributed by atoms with Crippen LogP contribution in [0, 0.1) is 5.92 Å². The molecule has 3 amide bonds. The van der Waals surface area contributed by atoms with E-state index in [4.69, 9.17) is 0 Å². The van der Waals surface area contributed by atoms with Gasteiger partial charge in [-0.15, -0.1) is 0 Å². The second-order valence-electron chi connectivity index (χ2n) is 5.71. The third kappa shape index (κ3) is 5.73. The Hall–Kier alpha value is -2.37. The molecule has 0 bridgehead atoms. The van der Waals surface area contributed by atoms with E-state index in [2.05, 4.69) is 10.6 Å². The van der Waals surface area contributed by atoms with Crippen molar-refractivity contribution in [1.29, 1.82) is 0 Å². The van der Waals surface area contributed by atoms with E-state index < -0.39 is 6.04 Å². The molecule has 0 saturated heterocycles. The maximum atomic E-state index is 12.3. The minimum absolute atomic E-state index is 0.0443. The molecule has 0 aliphatic rings. The van der Waals surface area contributed by atoms with Crippen molar-refractivity contribution in [2.45, 2.75) is 26.3 Å². The highest BCUT2D eigenvalue weighted by Crippen LogP contribution is 2.09. The van der Waals surface area contributed by atoms with E-state index in [1.54, 1.807) is 38.4 Å². The predicted molar refractivity (Wildman–Crippen MR) is 88.9 cm³/mol. The largest absolute Gasteiger partial charge is 0.347 e. The summed E-state index contributed by atoms with van der Waals surface area (Å²) in [6, 6.07) is 8.06. The minimum Gasteiger partial charge on any atom is -0.347 e. The highest BCUT2D eigenvalue weighted by atomic mass is 16.2. The van der Waals surface area contributed by atoms with Crippen LogP contribution in [0.4, 0.5) is 0 Å². The quantitative estimate of drug-likeness (QED) is 0.788. The fourth-order valence-electron chi connectivity index (χ4n) is 1.95. The number of rotatable bonds is 7. The van der Waals surface area contributed by atoms with Crippen LogP contribution < -0.4 is 10.6 Å². The Morgan fingerprint density at radius 2 is 1.74 bits per heavy atom. The first-order valence-electron chi connectivity index (χ1n) is 7.70. The first-order valence-corrected chi connectivity index (χ1v) is 7.70. The molecule has 2 N–H and O–H groups in total. The monoisotopic (exact) mass is 319 g/mol. The molecule has 1 aromatic rings. The number of benzene rings is 1. The minimum atomic E-state index is -0.678. The molecule has 0 aliphatic heterocycles. The first kappa shape index (κ1) is 18.7. The molecule has 0 heterocycles. The number of nitrogens with zero attached hydrogens (tertiary/aromatic N) is 1. The van der Waals surface area contributed by atoms with E-state index in [1.807, 2.05) is 19.9 Å². The molecular formula is C17H25N3O3. The average molecular weight is 319 g/mol. The van der Waals surface area contributed by atoms with Crippen LogP contribution >= 0.6 is 0 Å². The van der Waals surface area contributed by atoms with Gasteiger partial charge in [0.15, 0.2) is 0 Å². The maximum absolute atomic E-state index is 12.3. The Kier molecular flexibility index (Phi) is 7.25. The van der Waals surface area contributed by atoms with Crippen molar-refractivity contribution in [1.82, 2.24) is 15.5 Å². The van der Waals surface area contributed by atoms with Crippen LogP contribution in [0.3, 0.4) is 0 Å². The Balaban J connectivity index is 2.74. The van der Waals surface area contributed by atoms with Gasteiger partial charge in [0.05, 0.1) is 6.54 Å². The Labute approximate surface area is 137 Å². The summed E-state index contributed by atoms with van der Waals surface area (Å²) in [4.78, 5) is 37.6. The van der Waals surface area contributed by atoms with Crippen molar-refractivity contribution in [3.05, 3.63) is 35.9 Å². The van der Waals surface area contributed by atoms with Gasteiger partial charge in [-0.3, -0.25) is 14.4 Å². The molecule has 126 valence electrons. The van der Waals surface area contributed by atoms with Crippen molar-refractivity contribution >= 4 is 17.7 Å². The fraction of sp³-hybridized carbons (Fsp3) is 0.471.